The van der Waals surface area contributed by atoms with Crippen molar-refractivity contribution in [2.24, 2.45) is 0 Å². The highest BCUT2D eigenvalue weighted by molar-refractivity contribution is 7.10. The van der Waals surface area contributed by atoms with Gasteiger partial charge in [-0.15, -0.1) is 36.2 Å². The van der Waals surface area contributed by atoms with E-state index >= 15 is 0 Å². The summed E-state index contributed by atoms with van der Waals surface area (Å²) in [6.45, 7) is 3.42. The summed E-state index contributed by atoms with van der Waals surface area (Å²) in [6, 6.07) is 8.06. The normalized spacial score (nSPS) is 15.8. The number of nitrogens with zero attached hydrogens (tertiary/aromatic N) is 2. The Balaban J connectivity index is 0.00000144. The lowest BCUT2D eigenvalue weighted by Gasteiger charge is -2.34. The lowest BCUT2D eigenvalue weighted by atomic mass is 10.0. The van der Waals surface area contributed by atoms with Gasteiger partial charge < -0.3 is 10.4 Å². The summed E-state index contributed by atoms with van der Waals surface area (Å²) < 4.78 is 0. The van der Waals surface area contributed by atoms with Crippen molar-refractivity contribution >= 4 is 41.8 Å². The van der Waals surface area contributed by atoms with Gasteiger partial charge in [0.15, 0.2) is 0 Å². The number of thiophene rings is 1. The van der Waals surface area contributed by atoms with Crippen molar-refractivity contribution in [3.63, 3.8) is 0 Å². The third-order valence-electron chi connectivity index (χ3n) is 3.85. The van der Waals surface area contributed by atoms with Crippen LogP contribution in [0.25, 0.3) is 0 Å². The number of halogens is 2. The summed E-state index contributed by atoms with van der Waals surface area (Å²) >= 11 is 1.60. The smallest absolute Gasteiger partial charge is 0.270 e. The van der Waals surface area contributed by atoms with E-state index in [0.29, 0.717) is 5.56 Å². The number of non-ortho nitro benzene ring substituents is 1. The van der Waals surface area contributed by atoms with E-state index in [-0.39, 0.29) is 42.3 Å². The minimum absolute atomic E-state index is 0. The monoisotopic (exact) mass is 391 g/mol. The summed E-state index contributed by atoms with van der Waals surface area (Å²) in [5.41, 5.74) is 0.600. The van der Waals surface area contributed by atoms with E-state index in [1.54, 1.807) is 11.3 Å². The molecule has 1 aromatic carbocycles. The topological polar surface area (TPSA) is 78.6 Å². The Morgan fingerprint density at radius 2 is 1.96 bits per heavy atom. The average Bonchev–Trinajstić information content (AvgIpc) is 3.04. The zero-order valence-electron chi connectivity index (χ0n) is 12.8. The molecule has 24 heavy (non-hydrogen) atoms. The van der Waals surface area contributed by atoms with Crippen LogP contribution in [0.4, 0.5) is 5.69 Å². The summed E-state index contributed by atoms with van der Waals surface area (Å²) in [4.78, 5) is 14.0. The first-order valence-electron chi connectivity index (χ1n) is 7.12. The Morgan fingerprint density at radius 1 is 1.25 bits per heavy atom. The first-order chi connectivity index (χ1) is 10.7. The number of nitro groups is 1. The van der Waals surface area contributed by atoms with Crippen LogP contribution in [0.1, 0.15) is 16.5 Å². The van der Waals surface area contributed by atoms with Gasteiger partial charge in [-0.2, -0.15) is 0 Å². The van der Waals surface area contributed by atoms with Crippen LogP contribution in [0, 0.1) is 10.1 Å². The fourth-order valence-corrected chi connectivity index (χ4v) is 3.67. The number of phenolic OH excluding ortho intramolecular Hbond substituents is 1. The maximum atomic E-state index is 11.1. The highest BCUT2D eigenvalue weighted by Gasteiger charge is 2.28. The molecule has 9 heteroatoms. The van der Waals surface area contributed by atoms with Crippen LogP contribution >= 0.6 is 36.2 Å². The van der Waals surface area contributed by atoms with E-state index < -0.39 is 4.92 Å². The molecule has 1 aliphatic heterocycles. The number of nitrogens with one attached hydrogen (secondary N) is 1. The number of rotatable bonds is 4. The molecule has 6 nitrogen and oxygen atoms in total. The van der Waals surface area contributed by atoms with Gasteiger partial charge in [-0.25, -0.2) is 0 Å². The van der Waals surface area contributed by atoms with Crippen molar-refractivity contribution in [2.45, 2.75) is 6.04 Å². The minimum Gasteiger partial charge on any atom is -0.508 e. The van der Waals surface area contributed by atoms with E-state index in [0.717, 1.165) is 31.1 Å². The SMILES string of the molecule is Cl.Cl.O=[N+]([O-])c1ccc(O)c([C@H](c2cccs2)N2CCNCC2)c1. The highest BCUT2D eigenvalue weighted by Crippen LogP contribution is 2.38. The molecule has 0 amide bonds. The van der Waals surface area contributed by atoms with E-state index in [2.05, 4.69) is 10.2 Å². The average molecular weight is 392 g/mol. The Hall–Kier alpha value is -1.38. The van der Waals surface area contributed by atoms with Crippen molar-refractivity contribution in [1.29, 1.82) is 0 Å². The molecule has 0 aliphatic carbocycles. The molecule has 1 atom stereocenters. The van der Waals surface area contributed by atoms with E-state index in [1.807, 2.05) is 17.5 Å². The van der Waals surface area contributed by atoms with Crippen LogP contribution in [0.3, 0.4) is 0 Å². The number of nitro benzene ring substituents is 1. The van der Waals surface area contributed by atoms with Crippen molar-refractivity contribution < 1.29 is 10.0 Å². The number of aromatic hydroxyl groups is 1. The van der Waals surface area contributed by atoms with Crippen LogP contribution in [-0.2, 0) is 0 Å². The molecular formula is C15H19Cl2N3O3S. The molecule has 1 aliphatic rings. The number of piperazine rings is 1. The first-order valence-corrected chi connectivity index (χ1v) is 8.00. The number of phenols is 1. The Morgan fingerprint density at radius 3 is 2.54 bits per heavy atom. The van der Waals surface area contributed by atoms with E-state index in [9.17, 15) is 15.2 Å². The summed E-state index contributed by atoms with van der Waals surface area (Å²) in [6.07, 6.45) is 0. The Labute approximate surface area is 156 Å². The molecule has 0 unspecified atom stereocenters. The maximum absolute atomic E-state index is 11.1. The zero-order valence-corrected chi connectivity index (χ0v) is 15.2. The molecule has 2 heterocycles. The lowest BCUT2D eigenvalue weighted by Crippen LogP contribution is -2.45. The highest BCUT2D eigenvalue weighted by atomic mass is 35.5. The molecule has 2 N–H and O–H groups in total. The van der Waals surface area contributed by atoms with Gasteiger partial charge >= 0.3 is 0 Å². The lowest BCUT2D eigenvalue weighted by molar-refractivity contribution is -0.385. The molecule has 132 valence electrons. The fraction of sp³-hybridized carbons (Fsp3) is 0.333. The minimum atomic E-state index is -0.424. The van der Waals surface area contributed by atoms with Crippen molar-refractivity contribution in [3.05, 3.63) is 56.3 Å². The third-order valence-corrected chi connectivity index (χ3v) is 4.77. The maximum Gasteiger partial charge on any atom is 0.270 e. The Bertz CT molecular complexity index is 664. The molecule has 0 bridgehead atoms. The zero-order chi connectivity index (χ0) is 15.5. The van der Waals surface area contributed by atoms with E-state index in [4.69, 9.17) is 0 Å². The van der Waals surface area contributed by atoms with Crippen molar-refractivity contribution in [2.75, 3.05) is 26.2 Å². The Kier molecular flexibility index (Phi) is 7.92. The molecule has 1 fully saturated rings. The van der Waals surface area contributed by atoms with Gasteiger partial charge in [-0.05, 0) is 17.5 Å². The number of benzene rings is 1. The number of hydrogen-bond acceptors (Lipinski definition) is 6. The van der Waals surface area contributed by atoms with Gasteiger partial charge in [-0.1, -0.05) is 6.07 Å². The van der Waals surface area contributed by atoms with Crippen molar-refractivity contribution in [1.82, 2.24) is 10.2 Å². The summed E-state index contributed by atoms with van der Waals surface area (Å²) in [5, 5.41) is 26.6. The van der Waals surface area contributed by atoms with Gasteiger partial charge in [0.05, 0.1) is 11.0 Å². The van der Waals surface area contributed by atoms with Gasteiger partial charge in [0.2, 0.25) is 0 Å². The molecule has 1 saturated heterocycles. The first kappa shape index (κ1) is 20.7. The van der Waals surface area contributed by atoms with Gasteiger partial charge in [0, 0.05) is 48.8 Å². The molecule has 0 radical (unpaired) electrons. The molecule has 2 aromatic rings. The van der Waals surface area contributed by atoms with Crippen LogP contribution in [0.15, 0.2) is 35.7 Å². The predicted molar refractivity (Wildman–Crippen MR) is 99.9 cm³/mol. The standard InChI is InChI=1S/C15H17N3O3S.2ClH/c19-13-4-3-11(18(20)21)10-12(13)15(14-2-1-9-22-14)17-7-5-16-6-8-17;;/h1-4,9-10,15-16,19H,5-8H2;2*1H/t15-;;/m1../s1. The second-order valence-electron chi connectivity index (χ2n) is 5.20. The predicted octanol–water partition coefficient (Wildman–Crippen LogP) is 3.20. The summed E-state index contributed by atoms with van der Waals surface area (Å²) in [5.74, 6) is 0.0996. The van der Waals surface area contributed by atoms with Crippen LogP contribution < -0.4 is 5.32 Å². The molecular weight excluding hydrogens is 373 g/mol. The van der Waals surface area contributed by atoms with Crippen molar-refractivity contribution in [3.8, 4) is 5.75 Å². The van der Waals surface area contributed by atoms with Gasteiger partial charge in [0.25, 0.3) is 5.69 Å². The van der Waals surface area contributed by atoms with Gasteiger partial charge in [-0.3, -0.25) is 15.0 Å². The van der Waals surface area contributed by atoms with Crippen LogP contribution in [0.5, 0.6) is 5.75 Å². The second-order valence-corrected chi connectivity index (χ2v) is 6.18. The second kappa shape index (κ2) is 9.19. The fourth-order valence-electron chi connectivity index (χ4n) is 2.79. The largest absolute Gasteiger partial charge is 0.508 e. The van der Waals surface area contributed by atoms with E-state index in [1.165, 1.54) is 18.2 Å². The molecule has 1 aromatic heterocycles. The summed E-state index contributed by atoms with van der Waals surface area (Å²) in [7, 11) is 0. The number of hydrogen-bond donors (Lipinski definition) is 2. The molecule has 0 spiro atoms. The quantitative estimate of drug-likeness (QED) is 0.617. The van der Waals surface area contributed by atoms with Crippen LogP contribution in [-0.4, -0.2) is 41.1 Å². The molecule has 3 rings (SSSR count). The third kappa shape index (κ3) is 4.37. The van der Waals surface area contributed by atoms with Crippen LogP contribution in [0.2, 0.25) is 0 Å². The van der Waals surface area contributed by atoms with Gasteiger partial charge in [0.1, 0.15) is 5.75 Å². The molecule has 0 saturated carbocycles.